The largest absolute Gasteiger partial charge is 0.685 e. The summed E-state index contributed by atoms with van der Waals surface area (Å²) >= 11 is 1.79. The first-order chi connectivity index (χ1) is 24.5. The maximum atomic E-state index is 12.2. The van der Waals surface area contributed by atoms with Gasteiger partial charge in [-0.25, -0.2) is 4.98 Å². The number of ketones is 1. The van der Waals surface area contributed by atoms with Gasteiger partial charge < -0.3 is 5.32 Å². The van der Waals surface area contributed by atoms with E-state index in [4.69, 9.17) is 9.97 Å². The Kier molecular flexibility index (Phi) is 14.7. The molecular weight excluding hydrogens is 835 g/mol. The molecule has 1 radical (unpaired) electrons. The van der Waals surface area contributed by atoms with E-state index in [0.29, 0.717) is 11.8 Å². The Bertz CT molecular complexity index is 2150. The van der Waals surface area contributed by atoms with Crippen LogP contribution in [0.4, 0.5) is 0 Å². The van der Waals surface area contributed by atoms with E-state index >= 15 is 0 Å². The van der Waals surface area contributed by atoms with Gasteiger partial charge in [0.2, 0.25) is 0 Å². The van der Waals surface area contributed by atoms with Crippen molar-refractivity contribution in [2.75, 3.05) is 0 Å². The average molecular weight is 890 g/mol. The van der Waals surface area contributed by atoms with Gasteiger partial charge in [0.15, 0.2) is 5.78 Å². The van der Waals surface area contributed by atoms with Gasteiger partial charge in [-0.05, 0) is 47.7 Å². The summed E-state index contributed by atoms with van der Waals surface area (Å²) in [6.45, 7) is 21.4. The third-order valence-corrected chi connectivity index (χ3v) is 11.1. The van der Waals surface area contributed by atoms with Crippen LogP contribution in [-0.4, -0.2) is 21.8 Å². The van der Waals surface area contributed by atoms with Crippen molar-refractivity contribution >= 4 is 59.0 Å². The number of thiophene rings is 1. The Balaban J connectivity index is 0.000000275. The summed E-state index contributed by atoms with van der Waals surface area (Å²) in [4.78, 5) is 22.4. The van der Waals surface area contributed by atoms with Crippen LogP contribution in [0.15, 0.2) is 78.5 Å². The van der Waals surface area contributed by atoms with Gasteiger partial charge in [-0.2, -0.15) is 5.70 Å². The Labute approximate surface area is 329 Å². The molecule has 6 heteroatoms. The minimum Gasteiger partial charge on any atom is -0.685 e. The summed E-state index contributed by atoms with van der Waals surface area (Å²) in [5.41, 5.74) is 5.46. The van der Waals surface area contributed by atoms with E-state index in [1.54, 1.807) is 11.3 Å². The zero-order valence-corrected chi connectivity index (χ0v) is 35.8. The summed E-state index contributed by atoms with van der Waals surface area (Å²) in [6, 6.07) is 27.8. The van der Waals surface area contributed by atoms with Crippen molar-refractivity contribution in [2.24, 2.45) is 11.8 Å². The van der Waals surface area contributed by atoms with Crippen molar-refractivity contribution in [3.8, 4) is 11.3 Å². The monoisotopic (exact) mass is 890 g/mol. The second-order valence-corrected chi connectivity index (χ2v) is 15.7. The summed E-state index contributed by atoms with van der Waals surface area (Å²) < 4.78 is 2.40. The first-order valence-electron chi connectivity index (χ1n) is 19.0. The van der Waals surface area contributed by atoms with Crippen LogP contribution in [0.3, 0.4) is 0 Å². The molecule has 0 spiro atoms. The number of rotatable bonds is 12. The van der Waals surface area contributed by atoms with E-state index in [9.17, 15) is 4.79 Å². The molecule has 0 unspecified atom stereocenters. The number of carbonyl (C=O) groups is 1. The topological polar surface area (TPSA) is 57.0 Å². The molecule has 0 atom stereocenters. The fourth-order valence-electron chi connectivity index (χ4n) is 6.93. The molecule has 0 saturated heterocycles. The minimum atomic E-state index is 0. The third-order valence-electron chi connectivity index (χ3n) is 9.94. The number of hydrogen-bond acceptors (Lipinski definition) is 4. The molecule has 277 valence electrons. The number of aromatic nitrogens is 2. The molecule has 4 nitrogen and oxygen atoms in total. The standard InChI is InChI=1S/C30H25N2S.C16H31NO.Ir/c1-17(2)21-13-14-24(23-12-8-7-11-22(21)23)27-29-28(32-30(31-27)18(3)4)25-15-19-9-5-6-10-20(19)16-26(25)33-29;1-7-13(8-2)15(17-12(5)6)11-16(18)14(9-3)10-4;/h5-13,15-18H,1-4H3;11-14H,7-10H2,1-6H3,(H,17,18);/q-1;;/p-1. The van der Waals surface area contributed by atoms with Crippen LogP contribution >= 0.6 is 11.3 Å². The molecule has 2 heterocycles. The fraction of sp³-hybridized carbons (Fsp3) is 0.413. The molecule has 6 aromatic rings. The molecule has 0 aliphatic rings. The molecule has 0 aliphatic carbocycles. The molecule has 6 rings (SSSR count). The molecule has 0 aliphatic heterocycles. The van der Waals surface area contributed by atoms with Gasteiger partial charge in [0, 0.05) is 52.4 Å². The van der Waals surface area contributed by atoms with Gasteiger partial charge in [-0.15, -0.1) is 40.6 Å². The van der Waals surface area contributed by atoms with Gasteiger partial charge in [-0.3, -0.25) is 9.78 Å². The van der Waals surface area contributed by atoms with Crippen LogP contribution in [-0.2, 0) is 24.9 Å². The van der Waals surface area contributed by atoms with Gasteiger partial charge in [0.05, 0.1) is 5.52 Å². The summed E-state index contributed by atoms with van der Waals surface area (Å²) in [5.74, 6) is 2.41. The van der Waals surface area contributed by atoms with E-state index in [2.05, 4.69) is 147 Å². The maximum Gasteiger partial charge on any atom is 0.157 e. The van der Waals surface area contributed by atoms with Crippen LogP contribution in [0.5, 0.6) is 0 Å². The van der Waals surface area contributed by atoms with Crippen molar-refractivity contribution < 1.29 is 24.9 Å². The van der Waals surface area contributed by atoms with Crippen LogP contribution in [0.1, 0.15) is 118 Å². The van der Waals surface area contributed by atoms with Crippen molar-refractivity contribution in [1.82, 2.24) is 9.97 Å². The Morgan fingerprint density at radius 1 is 0.769 bits per heavy atom. The van der Waals surface area contributed by atoms with E-state index in [0.717, 1.165) is 58.7 Å². The second kappa shape index (κ2) is 18.5. The summed E-state index contributed by atoms with van der Waals surface area (Å²) in [6.07, 6.45) is 5.76. The van der Waals surface area contributed by atoms with Crippen LogP contribution in [0.25, 0.3) is 58.4 Å². The third kappa shape index (κ3) is 9.01. The second-order valence-electron chi connectivity index (χ2n) is 14.6. The molecule has 0 amide bonds. The zero-order chi connectivity index (χ0) is 36.8. The minimum absolute atomic E-state index is 0. The van der Waals surface area contributed by atoms with Crippen molar-refractivity contribution in [3.05, 3.63) is 101 Å². The molecule has 0 saturated carbocycles. The van der Waals surface area contributed by atoms with E-state index in [1.165, 1.54) is 37.2 Å². The van der Waals surface area contributed by atoms with Crippen molar-refractivity contribution in [1.29, 1.82) is 0 Å². The number of fused-ring (bicyclic) bond motifs is 5. The van der Waals surface area contributed by atoms with Gasteiger partial charge in [0.1, 0.15) is 5.82 Å². The molecule has 4 aromatic carbocycles. The number of carbonyl (C=O) groups excluding carboxylic acids is 1. The SMILES string of the molecule is CC(C)c1nc(-c2[c-]cc(C(C)C)c3ccccc23)c2sc3cc4ccccc4cc3c2n1.CCC(CC)C(=O)/C=C(\[N-]C(C)C)C(CC)CC.[Ir]. The van der Waals surface area contributed by atoms with Crippen LogP contribution in [0, 0.1) is 17.9 Å². The molecule has 0 N–H and O–H groups in total. The van der Waals surface area contributed by atoms with Crippen LogP contribution < -0.4 is 0 Å². The quantitative estimate of drug-likeness (QED) is 0.0908. The number of nitrogens with zero attached hydrogens (tertiary/aromatic N) is 3. The number of hydrogen-bond donors (Lipinski definition) is 0. The Hall–Kier alpha value is -3.44. The van der Waals surface area contributed by atoms with Gasteiger partial charge >= 0.3 is 0 Å². The predicted molar refractivity (Wildman–Crippen MR) is 222 cm³/mol. The normalized spacial score (nSPS) is 12.1. The van der Waals surface area contributed by atoms with Crippen molar-refractivity contribution in [2.45, 2.75) is 113 Å². The smallest absolute Gasteiger partial charge is 0.157 e. The molecule has 0 fully saturated rings. The van der Waals surface area contributed by atoms with Crippen LogP contribution in [0.2, 0.25) is 0 Å². The number of benzene rings is 4. The number of allylic oxidation sites excluding steroid dienone is 2. The van der Waals surface area contributed by atoms with E-state index in [-0.39, 0.29) is 43.8 Å². The first-order valence-corrected chi connectivity index (χ1v) is 19.8. The molecule has 0 bridgehead atoms. The maximum absolute atomic E-state index is 12.2. The predicted octanol–water partition coefficient (Wildman–Crippen LogP) is 14.0. The summed E-state index contributed by atoms with van der Waals surface area (Å²) in [7, 11) is 0. The first kappa shape index (κ1) is 41.3. The van der Waals surface area contributed by atoms with Gasteiger partial charge in [0.25, 0.3) is 0 Å². The zero-order valence-electron chi connectivity index (χ0n) is 32.6. The van der Waals surface area contributed by atoms with E-state index in [1.807, 2.05) is 6.08 Å². The molecular formula is C46H55IrN3OS-2. The van der Waals surface area contributed by atoms with Crippen molar-refractivity contribution in [3.63, 3.8) is 0 Å². The molecule has 2 aromatic heterocycles. The average Bonchev–Trinajstić information content (AvgIpc) is 3.48. The molecule has 52 heavy (non-hydrogen) atoms. The Morgan fingerprint density at radius 2 is 1.37 bits per heavy atom. The van der Waals surface area contributed by atoms with Gasteiger partial charge in [-0.1, -0.05) is 147 Å². The Morgan fingerprint density at radius 3 is 1.94 bits per heavy atom. The summed E-state index contributed by atoms with van der Waals surface area (Å²) in [5, 5.41) is 10.9. The van der Waals surface area contributed by atoms with E-state index < -0.39 is 0 Å². The fourth-order valence-corrected chi connectivity index (χ4v) is 8.09.